The molecule has 0 saturated carbocycles. The number of ether oxygens (including phenoxy) is 1. The highest BCUT2D eigenvalue weighted by Crippen LogP contribution is 2.31. The minimum atomic E-state index is -0.450. The summed E-state index contributed by atoms with van der Waals surface area (Å²) in [6.07, 6.45) is 1.92. The van der Waals surface area contributed by atoms with E-state index in [1.165, 1.54) is 30.6 Å². The third-order valence-corrected chi connectivity index (χ3v) is 6.15. The lowest BCUT2D eigenvalue weighted by Crippen LogP contribution is -2.14. The van der Waals surface area contributed by atoms with Crippen LogP contribution in [-0.2, 0) is 17.0 Å². The van der Waals surface area contributed by atoms with Crippen LogP contribution in [0.25, 0.3) is 0 Å². The molecule has 0 spiro atoms. The number of carbonyl (C=O) groups is 1. The molecule has 0 bridgehead atoms. The molecule has 1 N–H and O–H groups in total. The Kier molecular flexibility index (Phi) is 8.20. The van der Waals surface area contributed by atoms with Gasteiger partial charge in [-0.1, -0.05) is 54.2 Å². The van der Waals surface area contributed by atoms with Gasteiger partial charge in [0.1, 0.15) is 16.4 Å². The third-order valence-electron chi connectivity index (χ3n) is 4.56. The zero-order valence-corrected chi connectivity index (χ0v) is 19.7. The molecule has 162 valence electrons. The quantitative estimate of drug-likeness (QED) is 0.211. The van der Waals surface area contributed by atoms with Gasteiger partial charge in [0.15, 0.2) is 5.16 Å². The number of benzene rings is 2. The molecule has 1 heterocycles. The van der Waals surface area contributed by atoms with Crippen LogP contribution in [0.15, 0.2) is 64.8 Å². The lowest BCUT2D eigenvalue weighted by molar-refractivity contribution is 0.0596. The van der Waals surface area contributed by atoms with Crippen LogP contribution in [0.5, 0.6) is 0 Å². The summed E-state index contributed by atoms with van der Waals surface area (Å²) < 4.78 is 5.05. The molecule has 6 nitrogen and oxygen atoms in total. The van der Waals surface area contributed by atoms with Crippen molar-refractivity contribution in [1.82, 2.24) is 9.97 Å². The highest BCUT2D eigenvalue weighted by Gasteiger charge is 2.22. The van der Waals surface area contributed by atoms with Crippen LogP contribution >= 0.6 is 23.5 Å². The predicted molar refractivity (Wildman–Crippen MR) is 129 cm³/mol. The van der Waals surface area contributed by atoms with E-state index in [4.69, 9.17) is 4.74 Å². The Labute approximate surface area is 191 Å². The maximum absolute atomic E-state index is 12.6. The first-order chi connectivity index (χ1) is 15.0. The highest BCUT2D eigenvalue weighted by atomic mass is 32.2. The van der Waals surface area contributed by atoms with Crippen molar-refractivity contribution in [1.29, 1.82) is 0 Å². The zero-order valence-electron chi connectivity index (χ0n) is 18.1. The zero-order chi connectivity index (χ0) is 22.2. The Morgan fingerprint density at radius 2 is 1.74 bits per heavy atom. The van der Waals surface area contributed by atoms with Gasteiger partial charge < -0.3 is 15.0 Å². The second-order valence-electron chi connectivity index (χ2n) is 6.92. The molecule has 0 aliphatic heterocycles. The molecular weight excluding hydrogens is 428 g/mol. The molecule has 0 saturated heterocycles. The minimum absolute atomic E-state index is 0.367. The number of nitrogens with one attached hydrogen (secondary N) is 1. The number of aromatic nitrogens is 2. The smallest absolute Gasteiger partial charge is 0.344 e. The van der Waals surface area contributed by atoms with Crippen LogP contribution in [0.3, 0.4) is 0 Å². The van der Waals surface area contributed by atoms with Gasteiger partial charge in [0, 0.05) is 32.1 Å². The second-order valence-corrected chi connectivity index (χ2v) is 8.66. The van der Waals surface area contributed by atoms with Gasteiger partial charge in [-0.15, -0.1) is 11.8 Å². The SMILES string of the molecule is COC(=O)c1c(NCc2ccc(N(C)C)cc2)nc(SC)nc1SCc1ccccc1. The number of nitrogens with zero attached hydrogens (tertiary/aromatic N) is 3. The van der Waals surface area contributed by atoms with Gasteiger partial charge in [-0.25, -0.2) is 14.8 Å². The molecule has 1 aromatic heterocycles. The van der Waals surface area contributed by atoms with Crippen molar-refractivity contribution in [3.63, 3.8) is 0 Å². The summed E-state index contributed by atoms with van der Waals surface area (Å²) in [7, 11) is 5.39. The van der Waals surface area contributed by atoms with Crippen LogP contribution in [0.1, 0.15) is 21.5 Å². The Hall–Kier alpha value is -2.71. The molecule has 31 heavy (non-hydrogen) atoms. The van der Waals surface area contributed by atoms with Crippen molar-refractivity contribution in [2.45, 2.75) is 22.5 Å². The lowest BCUT2D eigenvalue weighted by Gasteiger charge is -2.15. The number of hydrogen-bond acceptors (Lipinski definition) is 8. The Bertz CT molecular complexity index is 1010. The molecule has 0 radical (unpaired) electrons. The fourth-order valence-electron chi connectivity index (χ4n) is 2.85. The first kappa shape index (κ1) is 23.0. The van der Waals surface area contributed by atoms with Crippen molar-refractivity contribution >= 4 is 41.0 Å². The summed E-state index contributed by atoms with van der Waals surface area (Å²) in [5.41, 5.74) is 3.74. The van der Waals surface area contributed by atoms with Crippen molar-refractivity contribution in [2.24, 2.45) is 0 Å². The van der Waals surface area contributed by atoms with E-state index in [0.717, 1.165) is 16.8 Å². The molecule has 0 unspecified atom stereocenters. The first-order valence-electron chi connectivity index (χ1n) is 9.73. The summed E-state index contributed by atoms with van der Waals surface area (Å²) in [6, 6.07) is 18.3. The molecule has 0 fully saturated rings. The fraction of sp³-hybridized carbons (Fsp3) is 0.261. The maximum Gasteiger partial charge on any atom is 0.344 e. The molecule has 8 heteroatoms. The average molecular weight is 455 g/mol. The van der Waals surface area contributed by atoms with E-state index in [2.05, 4.69) is 56.6 Å². The van der Waals surface area contributed by atoms with Crippen LogP contribution < -0.4 is 10.2 Å². The van der Waals surface area contributed by atoms with Crippen molar-refractivity contribution < 1.29 is 9.53 Å². The monoisotopic (exact) mass is 454 g/mol. The summed E-state index contributed by atoms with van der Waals surface area (Å²) in [6.45, 7) is 0.533. The summed E-state index contributed by atoms with van der Waals surface area (Å²) in [4.78, 5) is 23.8. The molecule has 3 rings (SSSR count). The molecular formula is C23H26N4O2S2. The molecule has 2 aromatic carbocycles. The number of thioether (sulfide) groups is 2. The number of methoxy groups -OCH3 is 1. The van der Waals surface area contributed by atoms with Gasteiger partial charge in [0.05, 0.1) is 7.11 Å². The van der Waals surface area contributed by atoms with Gasteiger partial charge in [0.2, 0.25) is 0 Å². The fourth-order valence-corrected chi connectivity index (χ4v) is 4.25. The second kappa shape index (κ2) is 11.1. The van der Waals surface area contributed by atoms with E-state index < -0.39 is 5.97 Å². The first-order valence-corrected chi connectivity index (χ1v) is 11.9. The number of esters is 1. The van der Waals surface area contributed by atoms with Crippen LogP contribution in [-0.4, -0.2) is 43.4 Å². The normalized spacial score (nSPS) is 10.6. The lowest BCUT2D eigenvalue weighted by atomic mass is 10.2. The van der Waals surface area contributed by atoms with Gasteiger partial charge >= 0.3 is 5.97 Å². The Balaban J connectivity index is 1.87. The van der Waals surface area contributed by atoms with E-state index in [0.29, 0.717) is 33.9 Å². The Morgan fingerprint density at radius 1 is 1.03 bits per heavy atom. The number of anilines is 2. The van der Waals surface area contributed by atoms with Gasteiger partial charge in [-0.05, 0) is 29.5 Å². The van der Waals surface area contributed by atoms with Crippen LogP contribution in [0, 0.1) is 0 Å². The molecule has 0 aliphatic rings. The van der Waals surface area contributed by atoms with E-state index in [1.807, 2.05) is 38.6 Å². The standard InChI is InChI=1S/C23H26N4O2S2/c1-27(2)18-12-10-16(11-13-18)14-24-20-19(22(28)29-3)21(26-23(25-20)30-4)31-15-17-8-6-5-7-9-17/h5-13H,14-15H2,1-4H3,(H,24,25,26). The van der Waals surface area contributed by atoms with Crippen LogP contribution in [0.2, 0.25) is 0 Å². The Morgan fingerprint density at radius 3 is 2.35 bits per heavy atom. The summed E-state index contributed by atoms with van der Waals surface area (Å²) in [5, 5.41) is 4.53. The van der Waals surface area contributed by atoms with E-state index >= 15 is 0 Å². The number of rotatable bonds is 9. The molecule has 0 aliphatic carbocycles. The average Bonchev–Trinajstić information content (AvgIpc) is 2.81. The van der Waals surface area contributed by atoms with Crippen molar-refractivity contribution in [2.75, 3.05) is 37.7 Å². The topological polar surface area (TPSA) is 67.3 Å². The van der Waals surface area contributed by atoms with Crippen molar-refractivity contribution in [3.05, 3.63) is 71.3 Å². The molecule has 3 aromatic rings. The predicted octanol–water partition coefficient (Wildman–Crippen LogP) is 4.96. The number of carbonyl (C=O) groups excluding carboxylic acids is 1. The van der Waals surface area contributed by atoms with Gasteiger partial charge in [0.25, 0.3) is 0 Å². The minimum Gasteiger partial charge on any atom is -0.465 e. The van der Waals surface area contributed by atoms with Crippen molar-refractivity contribution in [3.8, 4) is 0 Å². The maximum atomic E-state index is 12.6. The largest absolute Gasteiger partial charge is 0.465 e. The highest BCUT2D eigenvalue weighted by molar-refractivity contribution is 7.99. The van der Waals surface area contributed by atoms with Gasteiger partial charge in [-0.2, -0.15) is 0 Å². The van der Waals surface area contributed by atoms with E-state index in [-0.39, 0.29) is 0 Å². The van der Waals surface area contributed by atoms with E-state index in [9.17, 15) is 4.79 Å². The van der Waals surface area contributed by atoms with Gasteiger partial charge in [-0.3, -0.25) is 0 Å². The van der Waals surface area contributed by atoms with Crippen LogP contribution in [0.4, 0.5) is 11.5 Å². The van der Waals surface area contributed by atoms with E-state index in [1.54, 1.807) is 0 Å². The third kappa shape index (κ3) is 6.15. The molecule has 0 atom stereocenters. The summed E-state index contributed by atoms with van der Waals surface area (Å²) >= 11 is 2.94. The summed E-state index contributed by atoms with van der Waals surface area (Å²) in [5.74, 6) is 0.730. The number of hydrogen-bond donors (Lipinski definition) is 1. The molecule has 0 amide bonds.